The van der Waals surface area contributed by atoms with Crippen LogP contribution in [0.1, 0.15) is 52.4 Å². The number of fused-ring (bicyclic) bond motifs is 2. The monoisotopic (exact) mass is 392 g/mol. The number of hydrogen-bond acceptors (Lipinski definition) is 6. The number of ether oxygens (including phenoxy) is 2. The summed E-state index contributed by atoms with van der Waals surface area (Å²) in [4.78, 5) is 11.5. The number of carbonyl (C=O) groups excluding carboxylic acids is 1. The van der Waals surface area contributed by atoms with Gasteiger partial charge in [0.1, 0.15) is 0 Å². The molecule has 28 heavy (non-hydrogen) atoms. The minimum absolute atomic E-state index is 0.0323. The van der Waals surface area contributed by atoms with E-state index in [9.17, 15) is 20.1 Å². The molecule has 2 saturated heterocycles. The fraction of sp³-hybridized carbons (Fsp3) is 0.864. The Morgan fingerprint density at radius 3 is 2.71 bits per heavy atom. The Morgan fingerprint density at radius 2 is 2.00 bits per heavy atom. The molecule has 2 aliphatic heterocycles. The van der Waals surface area contributed by atoms with Gasteiger partial charge in [-0.15, -0.1) is 0 Å². The van der Waals surface area contributed by atoms with Gasteiger partial charge in [0.25, 0.3) is 0 Å². The molecule has 156 valence electrons. The second-order valence-corrected chi connectivity index (χ2v) is 10.5. The second-order valence-electron chi connectivity index (χ2n) is 10.5. The fourth-order valence-corrected chi connectivity index (χ4v) is 8.19. The van der Waals surface area contributed by atoms with E-state index in [1.807, 2.05) is 0 Å². The number of aliphatic hydroxyl groups is 3. The Kier molecular flexibility index (Phi) is 3.80. The van der Waals surface area contributed by atoms with Crippen molar-refractivity contribution in [3.05, 3.63) is 12.2 Å². The maximum Gasteiger partial charge on any atom is 0.302 e. The van der Waals surface area contributed by atoms with E-state index in [1.54, 1.807) is 0 Å². The van der Waals surface area contributed by atoms with Crippen LogP contribution in [0.2, 0.25) is 0 Å². The van der Waals surface area contributed by atoms with Gasteiger partial charge < -0.3 is 24.8 Å². The summed E-state index contributed by atoms with van der Waals surface area (Å²) in [6.45, 7) is 8.25. The Morgan fingerprint density at radius 1 is 1.25 bits per heavy atom. The number of rotatable bonds is 2. The van der Waals surface area contributed by atoms with Crippen LogP contribution in [0.5, 0.6) is 0 Å². The van der Waals surface area contributed by atoms with E-state index in [4.69, 9.17) is 9.47 Å². The van der Waals surface area contributed by atoms with Gasteiger partial charge in [-0.1, -0.05) is 13.5 Å². The first-order chi connectivity index (χ1) is 13.1. The number of carbonyl (C=O) groups is 1. The molecule has 0 aromatic carbocycles. The van der Waals surface area contributed by atoms with E-state index < -0.39 is 28.8 Å². The van der Waals surface area contributed by atoms with Crippen molar-refractivity contribution in [2.45, 2.75) is 70.4 Å². The van der Waals surface area contributed by atoms with Crippen LogP contribution >= 0.6 is 0 Å². The molecule has 4 aliphatic carbocycles. The summed E-state index contributed by atoms with van der Waals surface area (Å²) in [6.07, 6.45) is 2.81. The Labute approximate surface area is 165 Å². The van der Waals surface area contributed by atoms with Crippen molar-refractivity contribution in [3.63, 3.8) is 0 Å². The minimum Gasteiger partial charge on any atom is -0.465 e. The zero-order valence-electron chi connectivity index (χ0n) is 16.8. The third-order valence-electron chi connectivity index (χ3n) is 9.50. The maximum atomic E-state index is 11.8. The van der Waals surface area contributed by atoms with Gasteiger partial charge in [-0.05, 0) is 55.4 Å². The summed E-state index contributed by atoms with van der Waals surface area (Å²) >= 11 is 0. The van der Waals surface area contributed by atoms with E-state index in [1.165, 1.54) is 6.92 Å². The standard InChI is InChI=1S/C22H32O6/c1-12-14-4-5-15-20-11-28-22(26,21(15,8-14)18(12)25)9-16(20)19(3,7-6-17(20)24)10-27-13(2)23/h14-18,24-26H,1,4-11H2,2-3H3/t14-,15?,16?,17+,18?,19?,20+,21+,22-/m1/s1. The molecule has 3 N–H and O–H groups in total. The average Bonchev–Trinajstić information content (AvgIpc) is 2.85. The SMILES string of the molecule is C=C1C(O)[C@]23C[C@H]1CCC2[C@@]12CO[C@]3(O)CC1C(C)(COC(C)=O)CC[C@@H]2O. The summed E-state index contributed by atoms with van der Waals surface area (Å²) in [5.41, 5.74) is -0.842. The predicted molar refractivity (Wildman–Crippen MR) is 99.8 cm³/mol. The maximum absolute atomic E-state index is 11.8. The summed E-state index contributed by atoms with van der Waals surface area (Å²) in [7, 11) is 0. The lowest BCUT2D eigenvalue weighted by Gasteiger charge is -2.74. The molecule has 4 unspecified atom stereocenters. The Bertz CT molecular complexity index is 737. The van der Waals surface area contributed by atoms with Crippen LogP contribution in [-0.2, 0) is 14.3 Å². The molecule has 2 spiro atoms. The van der Waals surface area contributed by atoms with Gasteiger partial charge in [-0.25, -0.2) is 0 Å². The van der Waals surface area contributed by atoms with Gasteiger partial charge in [-0.3, -0.25) is 4.79 Å². The number of aliphatic hydroxyl groups excluding tert-OH is 2. The Hall–Kier alpha value is -0.950. The number of hydrogen-bond donors (Lipinski definition) is 3. The molecule has 0 aromatic rings. The molecule has 4 bridgehead atoms. The highest BCUT2D eigenvalue weighted by Crippen LogP contribution is 2.77. The number of esters is 1. The van der Waals surface area contributed by atoms with Crippen LogP contribution in [-0.4, -0.2) is 52.5 Å². The lowest BCUT2D eigenvalue weighted by atomic mass is 9.36. The summed E-state index contributed by atoms with van der Waals surface area (Å²) < 4.78 is 11.5. The fourth-order valence-electron chi connectivity index (χ4n) is 8.19. The minimum atomic E-state index is -1.43. The normalized spacial score (nSPS) is 56.9. The van der Waals surface area contributed by atoms with Crippen LogP contribution in [0.3, 0.4) is 0 Å². The van der Waals surface area contributed by atoms with Crippen molar-refractivity contribution in [3.8, 4) is 0 Å². The van der Waals surface area contributed by atoms with Crippen LogP contribution in [0, 0.1) is 34.0 Å². The van der Waals surface area contributed by atoms with Crippen molar-refractivity contribution < 1.29 is 29.6 Å². The molecular formula is C22H32O6. The third kappa shape index (κ3) is 1.96. The first kappa shape index (κ1) is 19.0. The molecule has 6 fully saturated rings. The molecule has 4 saturated carbocycles. The van der Waals surface area contributed by atoms with Crippen LogP contribution < -0.4 is 0 Å². The molecule has 6 heteroatoms. The van der Waals surface area contributed by atoms with E-state index >= 15 is 0 Å². The molecule has 0 aromatic heterocycles. The van der Waals surface area contributed by atoms with Crippen molar-refractivity contribution in [2.24, 2.45) is 34.0 Å². The highest BCUT2D eigenvalue weighted by molar-refractivity contribution is 5.65. The lowest BCUT2D eigenvalue weighted by molar-refractivity contribution is -0.436. The van der Waals surface area contributed by atoms with Crippen LogP contribution in [0.4, 0.5) is 0 Å². The van der Waals surface area contributed by atoms with Crippen LogP contribution in [0.15, 0.2) is 12.2 Å². The van der Waals surface area contributed by atoms with Crippen molar-refractivity contribution >= 4 is 5.97 Å². The van der Waals surface area contributed by atoms with Gasteiger partial charge in [-0.2, -0.15) is 0 Å². The lowest BCUT2D eigenvalue weighted by Crippen LogP contribution is -2.79. The molecule has 6 nitrogen and oxygen atoms in total. The van der Waals surface area contributed by atoms with Crippen molar-refractivity contribution in [2.75, 3.05) is 13.2 Å². The Balaban J connectivity index is 1.63. The quantitative estimate of drug-likeness (QED) is 0.490. The van der Waals surface area contributed by atoms with Gasteiger partial charge in [0.15, 0.2) is 5.79 Å². The van der Waals surface area contributed by atoms with Crippen molar-refractivity contribution in [1.29, 1.82) is 0 Å². The molecule has 6 aliphatic rings. The van der Waals surface area contributed by atoms with Gasteiger partial charge in [0.2, 0.25) is 0 Å². The van der Waals surface area contributed by atoms with Crippen molar-refractivity contribution in [1.82, 2.24) is 0 Å². The van der Waals surface area contributed by atoms with E-state index in [0.29, 0.717) is 25.9 Å². The highest BCUT2D eigenvalue weighted by atomic mass is 16.6. The summed E-state index contributed by atoms with van der Waals surface area (Å²) in [5.74, 6) is -1.60. The average molecular weight is 392 g/mol. The summed E-state index contributed by atoms with van der Waals surface area (Å²) in [5, 5.41) is 34.3. The highest BCUT2D eigenvalue weighted by Gasteiger charge is 2.81. The van der Waals surface area contributed by atoms with E-state index in [-0.39, 0.29) is 35.7 Å². The topological polar surface area (TPSA) is 96.2 Å². The van der Waals surface area contributed by atoms with Gasteiger partial charge >= 0.3 is 5.97 Å². The smallest absolute Gasteiger partial charge is 0.302 e. The van der Waals surface area contributed by atoms with Gasteiger partial charge in [0, 0.05) is 24.2 Å². The molecule has 2 heterocycles. The third-order valence-corrected chi connectivity index (χ3v) is 9.50. The summed E-state index contributed by atoms with van der Waals surface area (Å²) in [6, 6.07) is 0. The zero-order valence-corrected chi connectivity index (χ0v) is 16.8. The molecule has 6 rings (SSSR count). The first-order valence-electron chi connectivity index (χ1n) is 10.7. The molecular weight excluding hydrogens is 360 g/mol. The molecule has 0 radical (unpaired) electrons. The largest absolute Gasteiger partial charge is 0.465 e. The molecule has 0 amide bonds. The molecule has 9 atom stereocenters. The predicted octanol–water partition coefficient (Wildman–Crippen LogP) is 1.77. The van der Waals surface area contributed by atoms with Gasteiger partial charge in [0.05, 0.1) is 30.8 Å². The van der Waals surface area contributed by atoms with Crippen LogP contribution in [0.25, 0.3) is 0 Å². The first-order valence-corrected chi connectivity index (χ1v) is 10.7. The zero-order chi connectivity index (χ0) is 20.1. The second kappa shape index (κ2) is 5.60. The van der Waals surface area contributed by atoms with E-state index in [0.717, 1.165) is 24.8 Å². The van der Waals surface area contributed by atoms with E-state index in [2.05, 4.69) is 13.5 Å².